The number of hydrogen-bond donors (Lipinski definition) is 1. The summed E-state index contributed by atoms with van der Waals surface area (Å²) in [4.78, 5) is 10.6. The highest BCUT2D eigenvalue weighted by molar-refractivity contribution is 5.81. The third-order valence-electron chi connectivity index (χ3n) is 2.32. The van der Waals surface area contributed by atoms with E-state index in [4.69, 9.17) is 4.74 Å². The predicted octanol–water partition coefficient (Wildman–Crippen LogP) is 0.993. The van der Waals surface area contributed by atoms with E-state index in [1.54, 1.807) is 0 Å². The lowest BCUT2D eigenvalue weighted by Gasteiger charge is -2.24. The Bertz CT molecular complexity index is 194. The summed E-state index contributed by atoms with van der Waals surface area (Å²) in [6.45, 7) is 3.25. The van der Waals surface area contributed by atoms with Gasteiger partial charge in [-0.05, 0) is 25.7 Å². The summed E-state index contributed by atoms with van der Waals surface area (Å²) in [6.07, 6.45) is 4.20. The van der Waals surface area contributed by atoms with Gasteiger partial charge in [-0.3, -0.25) is 0 Å². The lowest BCUT2D eigenvalue weighted by atomic mass is 9.95. The molecular formula is C10H16O4. The minimum Gasteiger partial charge on any atom is -0.435 e. The van der Waals surface area contributed by atoms with Crippen molar-refractivity contribution in [3.05, 3.63) is 12.7 Å². The van der Waals surface area contributed by atoms with Crippen LogP contribution in [0.1, 0.15) is 25.7 Å². The predicted molar refractivity (Wildman–Crippen MR) is 50.5 cm³/mol. The average molecular weight is 200 g/mol. The maximum Gasteiger partial charge on any atom is 0.332 e. The summed E-state index contributed by atoms with van der Waals surface area (Å²) >= 11 is 0. The van der Waals surface area contributed by atoms with Gasteiger partial charge in [0.25, 0.3) is 0 Å². The van der Waals surface area contributed by atoms with Crippen LogP contribution in [0.2, 0.25) is 0 Å². The van der Waals surface area contributed by atoms with Crippen LogP contribution in [0.4, 0.5) is 0 Å². The Hall–Kier alpha value is -0.870. The van der Waals surface area contributed by atoms with Crippen LogP contribution < -0.4 is 0 Å². The molecule has 0 bridgehead atoms. The lowest BCUT2D eigenvalue weighted by molar-refractivity contribution is -0.157. The number of aliphatic hydroxyl groups excluding tert-OH is 1. The molecule has 1 rings (SSSR count). The molecule has 0 amide bonds. The van der Waals surface area contributed by atoms with Crippen LogP contribution in [0.15, 0.2) is 12.7 Å². The Kier molecular flexibility index (Phi) is 4.62. The topological polar surface area (TPSA) is 55.8 Å². The average Bonchev–Trinajstić information content (AvgIpc) is 2.21. The summed E-state index contributed by atoms with van der Waals surface area (Å²) in [7, 11) is 0. The Labute approximate surface area is 83.5 Å². The SMILES string of the molecule is C=CC(=O)OCOC1CCC(O)CC1. The normalized spacial score (nSPS) is 26.9. The molecule has 0 spiro atoms. The van der Waals surface area contributed by atoms with Crippen LogP contribution in [0.25, 0.3) is 0 Å². The molecule has 1 fully saturated rings. The van der Waals surface area contributed by atoms with Crippen LogP contribution in [-0.2, 0) is 14.3 Å². The summed E-state index contributed by atoms with van der Waals surface area (Å²) in [6, 6.07) is 0. The zero-order valence-corrected chi connectivity index (χ0v) is 8.15. The van der Waals surface area contributed by atoms with Crippen molar-refractivity contribution >= 4 is 5.97 Å². The first-order chi connectivity index (χ1) is 6.72. The smallest absolute Gasteiger partial charge is 0.332 e. The number of carbonyl (C=O) groups is 1. The second-order valence-electron chi connectivity index (χ2n) is 3.38. The molecule has 0 radical (unpaired) electrons. The van der Waals surface area contributed by atoms with Crippen molar-refractivity contribution < 1.29 is 19.4 Å². The van der Waals surface area contributed by atoms with Gasteiger partial charge in [0, 0.05) is 6.08 Å². The molecule has 0 atom stereocenters. The molecule has 4 nitrogen and oxygen atoms in total. The van der Waals surface area contributed by atoms with Crippen molar-refractivity contribution in [2.75, 3.05) is 6.79 Å². The van der Waals surface area contributed by atoms with Gasteiger partial charge in [0.1, 0.15) is 0 Å². The van der Waals surface area contributed by atoms with Gasteiger partial charge in [0.15, 0.2) is 6.79 Å². The molecule has 0 saturated heterocycles. The van der Waals surface area contributed by atoms with E-state index in [1.807, 2.05) is 0 Å². The monoisotopic (exact) mass is 200 g/mol. The highest BCUT2D eigenvalue weighted by atomic mass is 16.7. The second kappa shape index (κ2) is 5.78. The van der Waals surface area contributed by atoms with Gasteiger partial charge in [-0.2, -0.15) is 0 Å². The molecule has 1 N–H and O–H groups in total. The van der Waals surface area contributed by atoms with Gasteiger partial charge in [-0.15, -0.1) is 0 Å². The summed E-state index contributed by atoms with van der Waals surface area (Å²) in [5, 5.41) is 9.22. The second-order valence-corrected chi connectivity index (χ2v) is 3.38. The zero-order chi connectivity index (χ0) is 10.4. The van der Waals surface area contributed by atoms with Crippen LogP contribution in [0.3, 0.4) is 0 Å². The van der Waals surface area contributed by atoms with Crippen LogP contribution in [-0.4, -0.2) is 30.1 Å². The Morgan fingerprint density at radius 3 is 2.64 bits per heavy atom. The molecular weight excluding hydrogens is 184 g/mol. The molecule has 1 aliphatic carbocycles. The van der Waals surface area contributed by atoms with Gasteiger partial charge in [-0.25, -0.2) is 4.79 Å². The maximum atomic E-state index is 10.6. The number of hydrogen-bond acceptors (Lipinski definition) is 4. The van der Waals surface area contributed by atoms with Crippen LogP contribution in [0.5, 0.6) is 0 Å². The number of rotatable bonds is 4. The minimum atomic E-state index is -0.471. The van der Waals surface area contributed by atoms with E-state index in [0.29, 0.717) is 0 Å². The molecule has 0 aromatic rings. The summed E-state index contributed by atoms with van der Waals surface area (Å²) < 4.78 is 9.98. The number of ether oxygens (including phenoxy) is 2. The fraction of sp³-hybridized carbons (Fsp3) is 0.700. The number of carbonyl (C=O) groups excluding carboxylic acids is 1. The van der Waals surface area contributed by atoms with Gasteiger partial charge in [0.05, 0.1) is 12.2 Å². The zero-order valence-electron chi connectivity index (χ0n) is 8.15. The van der Waals surface area contributed by atoms with Crippen molar-refractivity contribution in [3.8, 4) is 0 Å². The molecule has 1 aliphatic rings. The van der Waals surface area contributed by atoms with Crippen molar-refractivity contribution in [1.29, 1.82) is 0 Å². The molecule has 80 valence electrons. The fourth-order valence-corrected chi connectivity index (χ4v) is 1.46. The first kappa shape index (κ1) is 11.2. The largest absolute Gasteiger partial charge is 0.435 e. The van der Waals surface area contributed by atoms with Crippen molar-refractivity contribution in [3.63, 3.8) is 0 Å². The van der Waals surface area contributed by atoms with Gasteiger partial charge in [-0.1, -0.05) is 6.58 Å². The van der Waals surface area contributed by atoms with Crippen molar-refractivity contribution in [1.82, 2.24) is 0 Å². The molecule has 0 aliphatic heterocycles. The lowest BCUT2D eigenvalue weighted by Crippen LogP contribution is -2.25. The molecule has 0 aromatic carbocycles. The third kappa shape index (κ3) is 3.89. The highest BCUT2D eigenvalue weighted by Crippen LogP contribution is 2.20. The van der Waals surface area contributed by atoms with Gasteiger partial charge in [0.2, 0.25) is 0 Å². The van der Waals surface area contributed by atoms with E-state index in [0.717, 1.165) is 31.8 Å². The number of aliphatic hydroxyl groups is 1. The standard InChI is InChI=1S/C10H16O4/c1-2-10(12)14-7-13-9-5-3-8(11)4-6-9/h2,8-9,11H,1,3-7H2. The van der Waals surface area contributed by atoms with E-state index in [-0.39, 0.29) is 19.0 Å². The third-order valence-corrected chi connectivity index (χ3v) is 2.32. The molecule has 0 heterocycles. The molecule has 4 heteroatoms. The highest BCUT2D eigenvalue weighted by Gasteiger charge is 2.19. The van der Waals surface area contributed by atoms with Crippen LogP contribution >= 0.6 is 0 Å². The molecule has 1 saturated carbocycles. The Morgan fingerprint density at radius 1 is 1.43 bits per heavy atom. The molecule has 14 heavy (non-hydrogen) atoms. The van der Waals surface area contributed by atoms with Crippen LogP contribution in [0, 0.1) is 0 Å². The number of esters is 1. The van der Waals surface area contributed by atoms with E-state index < -0.39 is 5.97 Å². The Morgan fingerprint density at radius 2 is 2.07 bits per heavy atom. The van der Waals surface area contributed by atoms with Crippen molar-refractivity contribution in [2.24, 2.45) is 0 Å². The van der Waals surface area contributed by atoms with Crippen molar-refractivity contribution in [2.45, 2.75) is 37.9 Å². The maximum absolute atomic E-state index is 10.6. The minimum absolute atomic E-state index is 0.0222. The summed E-state index contributed by atoms with van der Waals surface area (Å²) in [5.74, 6) is -0.471. The van der Waals surface area contributed by atoms with E-state index >= 15 is 0 Å². The first-order valence-electron chi connectivity index (χ1n) is 4.81. The molecule has 0 aromatic heterocycles. The van der Waals surface area contributed by atoms with E-state index in [1.165, 1.54) is 0 Å². The van der Waals surface area contributed by atoms with E-state index in [2.05, 4.69) is 11.3 Å². The molecule has 0 unspecified atom stereocenters. The quantitative estimate of drug-likeness (QED) is 0.418. The first-order valence-corrected chi connectivity index (χ1v) is 4.81. The van der Waals surface area contributed by atoms with Gasteiger partial charge >= 0.3 is 5.97 Å². The Balaban J connectivity index is 2.07. The fourth-order valence-electron chi connectivity index (χ4n) is 1.46. The summed E-state index contributed by atoms with van der Waals surface area (Å²) in [5.41, 5.74) is 0. The van der Waals surface area contributed by atoms with Gasteiger partial charge < -0.3 is 14.6 Å². The van der Waals surface area contributed by atoms with E-state index in [9.17, 15) is 9.90 Å².